The van der Waals surface area contributed by atoms with Gasteiger partial charge in [-0.3, -0.25) is 4.39 Å². The lowest BCUT2D eigenvalue weighted by Crippen LogP contribution is -2.49. The molecule has 1 aromatic carbocycles. The molecule has 1 unspecified atom stereocenters. The Labute approximate surface area is 151 Å². The second-order valence-electron chi connectivity index (χ2n) is 7.36. The zero-order valence-electron chi connectivity index (χ0n) is 14.8. The number of carbonyl (C=O) groups is 1. The zero-order chi connectivity index (χ0) is 18.6. The van der Waals surface area contributed by atoms with Crippen LogP contribution >= 0.6 is 0 Å². The number of halogens is 3. The van der Waals surface area contributed by atoms with Gasteiger partial charge in [0.2, 0.25) is 0 Å². The Hall–Kier alpha value is -1.76. The summed E-state index contributed by atoms with van der Waals surface area (Å²) in [5, 5.41) is 2.86. The van der Waals surface area contributed by atoms with Gasteiger partial charge in [-0.2, -0.15) is 0 Å². The lowest BCUT2D eigenvalue weighted by atomic mass is 9.81. The monoisotopic (exact) mass is 370 g/mol. The highest BCUT2D eigenvalue weighted by Gasteiger charge is 2.34. The summed E-state index contributed by atoms with van der Waals surface area (Å²) in [5.74, 6) is -1.76. The van der Waals surface area contributed by atoms with Crippen molar-refractivity contribution in [1.82, 2.24) is 10.2 Å². The molecule has 0 radical (unpaired) electrons. The second kappa shape index (κ2) is 8.29. The number of rotatable bonds is 4. The fourth-order valence-corrected chi connectivity index (χ4v) is 3.74. The van der Waals surface area contributed by atoms with Crippen LogP contribution in [0.2, 0.25) is 0 Å². The lowest BCUT2D eigenvalue weighted by Gasteiger charge is -2.37. The molecule has 0 bridgehead atoms. The number of carbonyl (C=O) groups excluding carboxylic acids is 1. The standard InChI is InChI=1S/C19H25F3N2O2/c20-12-19(5-8-26-9-6-19)13-23-18(25)24-7-1-2-15(11-24)14-3-4-16(21)17(22)10-14/h3-4,10,15H,1-2,5-9,11-13H2,(H,23,25). The third-order valence-corrected chi connectivity index (χ3v) is 5.58. The predicted molar refractivity (Wildman–Crippen MR) is 91.8 cm³/mol. The number of amides is 2. The number of nitrogens with one attached hydrogen (secondary N) is 1. The summed E-state index contributed by atoms with van der Waals surface area (Å²) in [7, 11) is 0. The molecule has 1 aromatic rings. The van der Waals surface area contributed by atoms with Gasteiger partial charge in [-0.1, -0.05) is 6.07 Å². The average molecular weight is 370 g/mol. The third kappa shape index (κ3) is 4.31. The van der Waals surface area contributed by atoms with E-state index in [4.69, 9.17) is 4.74 Å². The van der Waals surface area contributed by atoms with E-state index in [9.17, 15) is 18.0 Å². The first kappa shape index (κ1) is 19.0. The van der Waals surface area contributed by atoms with Gasteiger partial charge in [0.05, 0.1) is 6.67 Å². The highest BCUT2D eigenvalue weighted by molar-refractivity contribution is 5.74. The van der Waals surface area contributed by atoms with Crippen LogP contribution in [0, 0.1) is 17.0 Å². The van der Waals surface area contributed by atoms with E-state index in [1.807, 2.05) is 0 Å². The molecule has 2 heterocycles. The molecule has 26 heavy (non-hydrogen) atoms. The van der Waals surface area contributed by atoms with Crippen molar-refractivity contribution in [2.75, 3.05) is 39.5 Å². The van der Waals surface area contributed by atoms with Gasteiger partial charge < -0.3 is 15.0 Å². The largest absolute Gasteiger partial charge is 0.381 e. The molecule has 0 aliphatic carbocycles. The maximum Gasteiger partial charge on any atom is 0.317 e. The number of alkyl halides is 1. The Morgan fingerprint density at radius 1 is 1.27 bits per heavy atom. The van der Waals surface area contributed by atoms with Crippen LogP contribution in [0.25, 0.3) is 0 Å². The number of piperidine rings is 1. The van der Waals surface area contributed by atoms with Crippen molar-refractivity contribution in [2.24, 2.45) is 5.41 Å². The summed E-state index contributed by atoms with van der Waals surface area (Å²) in [4.78, 5) is 14.2. The highest BCUT2D eigenvalue weighted by Crippen LogP contribution is 2.31. The van der Waals surface area contributed by atoms with E-state index in [0.29, 0.717) is 44.7 Å². The molecule has 2 aliphatic heterocycles. The van der Waals surface area contributed by atoms with Crippen LogP contribution in [-0.2, 0) is 4.74 Å². The van der Waals surface area contributed by atoms with Gasteiger partial charge in [0.25, 0.3) is 0 Å². The van der Waals surface area contributed by atoms with E-state index in [1.54, 1.807) is 11.0 Å². The minimum atomic E-state index is -0.868. The van der Waals surface area contributed by atoms with Crippen molar-refractivity contribution in [2.45, 2.75) is 31.6 Å². The predicted octanol–water partition coefficient (Wildman–Crippen LogP) is 3.62. The molecule has 2 fully saturated rings. The topological polar surface area (TPSA) is 41.6 Å². The van der Waals surface area contributed by atoms with Gasteiger partial charge in [-0.05, 0) is 43.4 Å². The fraction of sp³-hybridized carbons (Fsp3) is 0.632. The molecule has 144 valence electrons. The summed E-state index contributed by atoms with van der Waals surface area (Å²) in [6.45, 7) is 1.90. The van der Waals surface area contributed by atoms with Gasteiger partial charge in [-0.25, -0.2) is 13.6 Å². The Balaban J connectivity index is 1.58. The molecule has 1 atom stereocenters. The molecular weight excluding hydrogens is 345 g/mol. The molecule has 0 aromatic heterocycles. The van der Waals surface area contributed by atoms with Crippen molar-refractivity contribution < 1.29 is 22.7 Å². The van der Waals surface area contributed by atoms with Gasteiger partial charge in [0.1, 0.15) is 0 Å². The van der Waals surface area contributed by atoms with Gasteiger partial charge in [-0.15, -0.1) is 0 Å². The first-order valence-corrected chi connectivity index (χ1v) is 9.14. The summed E-state index contributed by atoms with van der Waals surface area (Å²) in [5.41, 5.74) is 0.162. The fourth-order valence-electron chi connectivity index (χ4n) is 3.74. The Bertz CT molecular complexity index is 635. The summed E-state index contributed by atoms with van der Waals surface area (Å²) in [6.07, 6.45) is 2.81. The van der Waals surface area contributed by atoms with E-state index >= 15 is 0 Å². The number of nitrogens with zero attached hydrogens (tertiary/aromatic N) is 1. The molecule has 4 nitrogen and oxygen atoms in total. The molecule has 3 rings (SSSR count). The van der Waals surface area contributed by atoms with Crippen LogP contribution in [0.15, 0.2) is 18.2 Å². The van der Waals surface area contributed by atoms with Crippen molar-refractivity contribution in [3.8, 4) is 0 Å². The minimum Gasteiger partial charge on any atom is -0.381 e. The Morgan fingerprint density at radius 3 is 2.73 bits per heavy atom. The highest BCUT2D eigenvalue weighted by atomic mass is 19.2. The van der Waals surface area contributed by atoms with E-state index in [2.05, 4.69) is 5.32 Å². The molecule has 7 heteroatoms. The maximum absolute atomic E-state index is 13.5. The number of hydrogen-bond donors (Lipinski definition) is 1. The van der Waals surface area contributed by atoms with Crippen LogP contribution < -0.4 is 5.32 Å². The number of urea groups is 1. The quantitative estimate of drug-likeness (QED) is 0.880. The van der Waals surface area contributed by atoms with Crippen molar-refractivity contribution in [3.05, 3.63) is 35.4 Å². The minimum absolute atomic E-state index is 0.0252. The van der Waals surface area contributed by atoms with Crippen LogP contribution in [0.4, 0.5) is 18.0 Å². The normalized spacial score (nSPS) is 22.9. The molecular formula is C19H25F3N2O2. The van der Waals surface area contributed by atoms with E-state index in [0.717, 1.165) is 18.9 Å². The molecule has 0 saturated carbocycles. The zero-order valence-corrected chi connectivity index (χ0v) is 14.8. The summed E-state index contributed by atoms with van der Waals surface area (Å²) >= 11 is 0. The maximum atomic E-state index is 13.5. The Morgan fingerprint density at radius 2 is 2.04 bits per heavy atom. The van der Waals surface area contributed by atoms with Gasteiger partial charge in [0, 0.05) is 44.2 Å². The molecule has 0 spiro atoms. The van der Waals surface area contributed by atoms with Crippen molar-refractivity contribution >= 4 is 6.03 Å². The van der Waals surface area contributed by atoms with E-state index < -0.39 is 23.7 Å². The van der Waals surface area contributed by atoms with Gasteiger partial charge >= 0.3 is 6.03 Å². The van der Waals surface area contributed by atoms with Crippen molar-refractivity contribution in [1.29, 1.82) is 0 Å². The number of ether oxygens (including phenoxy) is 1. The first-order chi connectivity index (χ1) is 12.5. The molecule has 2 saturated heterocycles. The SMILES string of the molecule is O=C(NCC1(CF)CCOCC1)N1CCCC(c2ccc(F)c(F)c2)C1. The Kier molecular flexibility index (Phi) is 6.06. The van der Waals surface area contributed by atoms with E-state index in [1.165, 1.54) is 6.07 Å². The number of likely N-dealkylation sites (tertiary alicyclic amines) is 1. The van der Waals surface area contributed by atoms with Gasteiger partial charge in [0.15, 0.2) is 11.6 Å². The van der Waals surface area contributed by atoms with Crippen LogP contribution in [0.1, 0.15) is 37.2 Å². The first-order valence-electron chi connectivity index (χ1n) is 9.14. The third-order valence-electron chi connectivity index (χ3n) is 5.58. The van der Waals surface area contributed by atoms with Crippen molar-refractivity contribution in [3.63, 3.8) is 0 Å². The van der Waals surface area contributed by atoms with E-state index in [-0.39, 0.29) is 18.5 Å². The number of hydrogen-bond acceptors (Lipinski definition) is 2. The molecule has 2 aliphatic rings. The second-order valence-corrected chi connectivity index (χ2v) is 7.36. The smallest absolute Gasteiger partial charge is 0.317 e. The summed E-state index contributed by atoms with van der Waals surface area (Å²) < 4.78 is 45.4. The van der Waals surface area contributed by atoms with Crippen LogP contribution in [-0.4, -0.2) is 50.5 Å². The lowest BCUT2D eigenvalue weighted by molar-refractivity contribution is 0.00297. The van der Waals surface area contributed by atoms with Crippen LogP contribution in [0.3, 0.4) is 0 Å². The summed E-state index contributed by atoms with van der Waals surface area (Å²) in [6, 6.07) is 3.68. The molecule has 2 amide bonds. The molecule has 1 N–H and O–H groups in total. The van der Waals surface area contributed by atoms with Crippen LogP contribution in [0.5, 0.6) is 0 Å². The number of benzene rings is 1. The average Bonchev–Trinajstić information content (AvgIpc) is 2.69.